The van der Waals surface area contributed by atoms with Crippen molar-refractivity contribution in [3.63, 3.8) is 0 Å². The first-order valence-electron chi connectivity index (χ1n) is 6.40. The van der Waals surface area contributed by atoms with E-state index in [-0.39, 0.29) is 12.6 Å². The quantitative estimate of drug-likeness (QED) is 0.813. The molecule has 0 unspecified atom stereocenters. The first kappa shape index (κ1) is 12.5. The van der Waals surface area contributed by atoms with Crippen LogP contribution in [0.1, 0.15) is 18.5 Å². The van der Waals surface area contributed by atoms with E-state index in [1.54, 1.807) is 0 Å². The van der Waals surface area contributed by atoms with Crippen LogP contribution in [0.5, 0.6) is 5.75 Å². The van der Waals surface area contributed by atoms with Crippen molar-refractivity contribution in [3.8, 4) is 5.75 Å². The second-order valence-electron chi connectivity index (χ2n) is 4.47. The third kappa shape index (κ3) is 1.99. The number of carbonyl (C=O) groups excluding carboxylic acids is 2. The van der Waals surface area contributed by atoms with E-state index in [4.69, 9.17) is 9.47 Å². The molecule has 0 saturated heterocycles. The number of urea groups is 1. The average Bonchev–Trinajstić information content (AvgIpc) is 2.80. The second kappa shape index (κ2) is 4.88. The van der Waals surface area contributed by atoms with Crippen LogP contribution in [0, 0.1) is 0 Å². The molecule has 0 spiro atoms. The van der Waals surface area contributed by atoms with E-state index < -0.39 is 12.0 Å². The van der Waals surface area contributed by atoms with E-state index in [1.807, 2.05) is 31.2 Å². The van der Waals surface area contributed by atoms with Gasteiger partial charge in [0.05, 0.1) is 23.9 Å². The predicted octanol–water partition coefficient (Wildman–Crippen LogP) is 1.25. The fraction of sp³-hybridized carbons (Fsp3) is 0.286. The summed E-state index contributed by atoms with van der Waals surface area (Å²) in [4.78, 5) is 23.6. The maximum atomic E-state index is 11.9. The van der Waals surface area contributed by atoms with Crippen LogP contribution in [0.15, 0.2) is 35.5 Å². The van der Waals surface area contributed by atoms with Gasteiger partial charge in [-0.05, 0) is 13.0 Å². The molecule has 2 N–H and O–H groups in total. The molecule has 1 atom stereocenters. The Kier molecular flexibility index (Phi) is 3.06. The molecule has 0 bridgehead atoms. The number of amides is 2. The number of esters is 1. The molecule has 0 saturated carbocycles. The zero-order chi connectivity index (χ0) is 14.1. The van der Waals surface area contributed by atoms with Crippen LogP contribution < -0.4 is 15.4 Å². The summed E-state index contributed by atoms with van der Waals surface area (Å²) in [6, 6.07) is 6.44. The van der Waals surface area contributed by atoms with Gasteiger partial charge in [-0.15, -0.1) is 0 Å². The molecule has 2 aliphatic heterocycles. The van der Waals surface area contributed by atoms with Gasteiger partial charge in [-0.3, -0.25) is 0 Å². The minimum absolute atomic E-state index is 0.106. The van der Waals surface area contributed by atoms with Crippen molar-refractivity contribution in [1.82, 2.24) is 10.6 Å². The minimum atomic E-state index is -0.545. The highest BCUT2D eigenvalue weighted by molar-refractivity contribution is 5.97. The van der Waals surface area contributed by atoms with Crippen molar-refractivity contribution in [1.29, 1.82) is 0 Å². The molecule has 1 aromatic carbocycles. The van der Waals surface area contributed by atoms with Crippen LogP contribution in [0.4, 0.5) is 4.79 Å². The van der Waals surface area contributed by atoms with Crippen LogP contribution in [-0.2, 0) is 9.53 Å². The molecule has 6 nitrogen and oxygen atoms in total. The van der Waals surface area contributed by atoms with Crippen LogP contribution in [0.25, 0.3) is 0 Å². The highest BCUT2D eigenvalue weighted by Crippen LogP contribution is 2.35. The summed E-state index contributed by atoms with van der Waals surface area (Å²) in [6.45, 7) is 2.49. The summed E-state index contributed by atoms with van der Waals surface area (Å²) in [6.07, 6.45) is 0. The smallest absolute Gasteiger partial charge is 0.338 e. The lowest BCUT2D eigenvalue weighted by Crippen LogP contribution is -2.44. The molecule has 1 aromatic rings. The number of nitrogens with one attached hydrogen (secondary N) is 2. The molecule has 0 radical (unpaired) electrons. The lowest BCUT2D eigenvalue weighted by molar-refractivity contribution is -0.136. The fourth-order valence-corrected chi connectivity index (χ4v) is 2.43. The molecule has 2 heterocycles. The van der Waals surface area contributed by atoms with Crippen molar-refractivity contribution < 1.29 is 19.1 Å². The van der Waals surface area contributed by atoms with Gasteiger partial charge in [0.2, 0.25) is 0 Å². The van der Waals surface area contributed by atoms with E-state index in [2.05, 4.69) is 10.6 Å². The summed E-state index contributed by atoms with van der Waals surface area (Å²) in [5, 5.41) is 5.35. The zero-order valence-electron chi connectivity index (χ0n) is 10.9. The molecule has 104 valence electrons. The Bertz CT molecular complexity index is 609. The minimum Gasteiger partial charge on any atom is -0.494 e. The lowest BCUT2D eigenvalue weighted by Gasteiger charge is -2.26. The van der Waals surface area contributed by atoms with E-state index >= 15 is 0 Å². The van der Waals surface area contributed by atoms with Gasteiger partial charge >= 0.3 is 12.0 Å². The largest absolute Gasteiger partial charge is 0.494 e. The van der Waals surface area contributed by atoms with Crippen molar-refractivity contribution in [2.45, 2.75) is 13.0 Å². The number of cyclic esters (lactones) is 1. The third-order valence-corrected chi connectivity index (χ3v) is 3.25. The standard InChI is InChI=1S/C14H14N2O4/c1-2-19-10-6-4-3-5-8(10)12-11-9(7-20-13(11)17)15-14(18)16-12/h3-6,12H,2,7H2,1H3,(H2,15,16,18)/t12-/m0/s1. The van der Waals surface area contributed by atoms with Gasteiger partial charge in [0.15, 0.2) is 0 Å². The topological polar surface area (TPSA) is 76.7 Å². The summed E-state index contributed by atoms with van der Waals surface area (Å²) in [5.41, 5.74) is 1.71. The fourth-order valence-electron chi connectivity index (χ4n) is 2.43. The lowest BCUT2D eigenvalue weighted by atomic mass is 9.95. The zero-order valence-corrected chi connectivity index (χ0v) is 10.9. The van der Waals surface area contributed by atoms with Crippen LogP contribution >= 0.6 is 0 Å². The summed E-state index contributed by atoms with van der Waals surface area (Å²) in [5.74, 6) is 0.234. The third-order valence-electron chi connectivity index (χ3n) is 3.25. The van der Waals surface area contributed by atoms with Crippen molar-refractivity contribution >= 4 is 12.0 Å². The monoisotopic (exact) mass is 274 g/mol. The van der Waals surface area contributed by atoms with E-state index in [0.29, 0.717) is 23.6 Å². The summed E-state index contributed by atoms with van der Waals surface area (Å²) in [7, 11) is 0. The van der Waals surface area contributed by atoms with Gasteiger partial charge in [-0.2, -0.15) is 0 Å². The van der Waals surface area contributed by atoms with Crippen LogP contribution in [-0.4, -0.2) is 25.2 Å². The number of hydrogen-bond donors (Lipinski definition) is 2. The maximum absolute atomic E-state index is 11.9. The van der Waals surface area contributed by atoms with Crippen LogP contribution in [0.2, 0.25) is 0 Å². The molecule has 0 aliphatic carbocycles. The molecule has 3 rings (SSSR count). The molecule has 6 heteroatoms. The van der Waals surface area contributed by atoms with Gasteiger partial charge in [0.1, 0.15) is 12.4 Å². The molecular weight excluding hydrogens is 260 g/mol. The van der Waals surface area contributed by atoms with E-state index in [9.17, 15) is 9.59 Å². The predicted molar refractivity (Wildman–Crippen MR) is 70.0 cm³/mol. The van der Waals surface area contributed by atoms with Gasteiger partial charge in [0, 0.05) is 5.56 Å². The molecular formula is C14H14N2O4. The summed E-state index contributed by atoms with van der Waals surface area (Å²) >= 11 is 0. The average molecular weight is 274 g/mol. The Morgan fingerprint density at radius 1 is 1.35 bits per heavy atom. The maximum Gasteiger partial charge on any atom is 0.338 e. The molecule has 0 aromatic heterocycles. The van der Waals surface area contributed by atoms with Crippen molar-refractivity contribution in [3.05, 3.63) is 41.1 Å². The molecule has 0 fully saturated rings. The Labute approximate surface area is 115 Å². The SMILES string of the molecule is CCOc1ccccc1[C@@H]1NC(=O)NC2=C1C(=O)OC2. The number of carbonyl (C=O) groups is 2. The van der Waals surface area contributed by atoms with Crippen LogP contribution in [0.3, 0.4) is 0 Å². The van der Waals surface area contributed by atoms with Gasteiger partial charge in [0.25, 0.3) is 0 Å². The highest BCUT2D eigenvalue weighted by Gasteiger charge is 2.38. The molecule has 20 heavy (non-hydrogen) atoms. The second-order valence-corrected chi connectivity index (χ2v) is 4.47. The Balaban J connectivity index is 2.06. The van der Waals surface area contributed by atoms with Crippen molar-refractivity contribution in [2.75, 3.05) is 13.2 Å². The number of benzene rings is 1. The highest BCUT2D eigenvalue weighted by atomic mass is 16.5. The first-order chi connectivity index (χ1) is 9.70. The van der Waals surface area contributed by atoms with Gasteiger partial charge in [-0.25, -0.2) is 9.59 Å². The summed E-state index contributed by atoms with van der Waals surface area (Å²) < 4.78 is 10.6. The van der Waals surface area contributed by atoms with Crippen molar-refractivity contribution in [2.24, 2.45) is 0 Å². The van der Waals surface area contributed by atoms with E-state index in [1.165, 1.54) is 0 Å². The molecule has 2 aliphatic rings. The Morgan fingerprint density at radius 3 is 2.95 bits per heavy atom. The van der Waals surface area contributed by atoms with Gasteiger partial charge in [-0.1, -0.05) is 18.2 Å². The number of ether oxygens (including phenoxy) is 2. The Morgan fingerprint density at radius 2 is 2.15 bits per heavy atom. The Hall–Kier alpha value is -2.50. The normalized spacial score (nSPS) is 20.9. The number of hydrogen-bond acceptors (Lipinski definition) is 4. The number of rotatable bonds is 3. The molecule has 2 amide bonds. The van der Waals surface area contributed by atoms with E-state index in [0.717, 1.165) is 5.56 Å². The first-order valence-corrected chi connectivity index (χ1v) is 6.40. The number of para-hydroxylation sites is 1. The van der Waals surface area contributed by atoms with Gasteiger partial charge < -0.3 is 20.1 Å².